The molecule has 0 aliphatic carbocycles. The molecule has 0 aliphatic heterocycles. The highest BCUT2D eigenvalue weighted by molar-refractivity contribution is 5.75. The van der Waals surface area contributed by atoms with E-state index in [4.69, 9.17) is 4.74 Å². The van der Waals surface area contributed by atoms with Crippen LogP contribution in [0, 0.1) is 0 Å². The van der Waals surface area contributed by atoms with Gasteiger partial charge in [0.2, 0.25) is 0 Å². The summed E-state index contributed by atoms with van der Waals surface area (Å²) in [6.07, 6.45) is -0.741. The van der Waals surface area contributed by atoms with Crippen molar-refractivity contribution in [3.63, 3.8) is 0 Å². The van der Waals surface area contributed by atoms with Crippen LogP contribution >= 0.6 is 0 Å². The number of hydrogen-bond donors (Lipinski definition) is 0. The fourth-order valence-electron chi connectivity index (χ4n) is 0.630. The van der Waals surface area contributed by atoms with Crippen molar-refractivity contribution in [1.82, 2.24) is 0 Å². The molecule has 0 amide bonds. The maximum atomic E-state index is 10.8. The van der Waals surface area contributed by atoms with Crippen LogP contribution in [0.2, 0.25) is 0 Å². The molecule has 0 saturated heterocycles. The molecule has 0 fully saturated rings. The maximum absolute atomic E-state index is 10.8. The summed E-state index contributed by atoms with van der Waals surface area (Å²) in [7, 11) is 1.26. The average Bonchev–Trinajstić information content (AvgIpc) is 2.13. The molecule has 0 heterocycles. The van der Waals surface area contributed by atoms with Crippen molar-refractivity contribution < 1.29 is 23.8 Å². The van der Waals surface area contributed by atoms with Gasteiger partial charge in [0.05, 0.1) is 13.7 Å². The molecule has 0 rings (SSSR count). The highest BCUT2D eigenvalue weighted by atomic mass is 16.6. The van der Waals surface area contributed by atoms with Gasteiger partial charge >= 0.3 is 11.9 Å². The predicted molar refractivity (Wildman–Crippen MR) is 44.1 cm³/mol. The second kappa shape index (κ2) is 6.42. The lowest BCUT2D eigenvalue weighted by molar-refractivity contribution is -0.160. The summed E-state index contributed by atoms with van der Waals surface area (Å²) in [4.78, 5) is 21.5. The summed E-state index contributed by atoms with van der Waals surface area (Å²) in [6.45, 7) is 3.27. The van der Waals surface area contributed by atoms with E-state index in [0.29, 0.717) is 6.61 Å². The normalized spacial score (nSPS) is 11.9. The molecule has 0 radical (unpaired) electrons. The highest BCUT2D eigenvalue weighted by Crippen LogP contribution is 1.93. The van der Waals surface area contributed by atoms with Crippen LogP contribution in [0.4, 0.5) is 0 Å². The van der Waals surface area contributed by atoms with Gasteiger partial charge in [-0.05, 0) is 13.8 Å². The van der Waals surface area contributed by atoms with Crippen LogP contribution in [0.5, 0.6) is 0 Å². The van der Waals surface area contributed by atoms with Crippen molar-refractivity contribution >= 4 is 11.9 Å². The van der Waals surface area contributed by atoms with Crippen molar-refractivity contribution in [3.8, 4) is 0 Å². The third kappa shape index (κ3) is 5.19. The van der Waals surface area contributed by atoms with Gasteiger partial charge in [0.15, 0.2) is 6.10 Å². The summed E-state index contributed by atoms with van der Waals surface area (Å²) in [5, 5.41) is 0. The number of ether oxygens (including phenoxy) is 3. The first-order chi connectivity index (χ1) is 6.11. The number of methoxy groups -OCH3 is 1. The molecular weight excluding hydrogens is 176 g/mol. The summed E-state index contributed by atoms with van der Waals surface area (Å²) in [5.41, 5.74) is 0. The fourth-order valence-corrected chi connectivity index (χ4v) is 0.630. The lowest BCUT2D eigenvalue weighted by Gasteiger charge is -2.09. The molecule has 5 heteroatoms. The molecule has 0 aromatic carbocycles. The third-order valence-electron chi connectivity index (χ3n) is 1.29. The van der Waals surface area contributed by atoms with E-state index < -0.39 is 18.0 Å². The van der Waals surface area contributed by atoms with Crippen LogP contribution in [0.15, 0.2) is 0 Å². The molecule has 0 unspecified atom stereocenters. The molecule has 13 heavy (non-hydrogen) atoms. The van der Waals surface area contributed by atoms with Crippen LogP contribution in [0.25, 0.3) is 0 Å². The molecule has 1 atom stereocenters. The molecule has 5 nitrogen and oxygen atoms in total. The largest absolute Gasteiger partial charge is 0.467 e. The smallest absolute Gasteiger partial charge is 0.334 e. The Kier molecular flexibility index (Phi) is 5.88. The quantitative estimate of drug-likeness (QED) is 0.576. The molecule has 0 spiro atoms. The SMILES string of the molecule is CCOC(=O)CO[C@@H](C)C(=O)OC. The van der Waals surface area contributed by atoms with E-state index in [1.165, 1.54) is 14.0 Å². The van der Waals surface area contributed by atoms with Crippen LogP contribution < -0.4 is 0 Å². The molecule has 0 N–H and O–H groups in total. The Morgan fingerprint density at radius 1 is 1.38 bits per heavy atom. The minimum absolute atomic E-state index is 0.232. The Morgan fingerprint density at radius 2 is 2.00 bits per heavy atom. The van der Waals surface area contributed by atoms with E-state index in [1.54, 1.807) is 6.92 Å². The second-order valence-electron chi connectivity index (χ2n) is 2.28. The van der Waals surface area contributed by atoms with Crippen molar-refractivity contribution in [2.45, 2.75) is 20.0 Å². The minimum Gasteiger partial charge on any atom is -0.467 e. The van der Waals surface area contributed by atoms with Gasteiger partial charge in [0, 0.05) is 0 Å². The molecule has 76 valence electrons. The van der Waals surface area contributed by atoms with Gasteiger partial charge in [-0.1, -0.05) is 0 Å². The van der Waals surface area contributed by atoms with E-state index in [2.05, 4.69) is 9.47 Å². The summed E-state index contributed by atoms with van der Waals surface area (Å²) in [5.74, 6) is -0.998. The van der Waals surface area contributed by atoms with E-state index in [9.17, 15) is 9.59 Å². The van der Waals surface area contributed by atoms with Crippen LogP contribution in [0.3, 0.4) is 0 Å². The number of carbonyl (C=O) groups is 2. The number of carbonyl (C=O) groups excluding carboxylic acids is 2. The third-order valence-corrected chi connectivity index (χ3v) is 1.29. The van der Waals surface area contributed by atoms with Crippen molar-refractivity contribution in [2.24, 2.45) is 0 Å². The van der Waals surface area contributed by atoms with Crippen LogP contribution in [-0.4, -0.2) is 38.4 Å². The summed E-state index contributed by atoms with van der Waals surface area (Å²) >= 11 is 0. The van der Waals surface area contributed by atoms with E-state index in [0.717, 1.165) is 0 Å². The molecule has 0 aromatic heterocycles. The first-order valence-corrected chi connectivity index (χ1v) is 3.96. The lowest BCUT2D eigenvalue weighted by Crippen LogP contribution is -2.25. The second-order valence-corrected chi connectivity index (χ2v) is 2.28. The zero-order valence-corrected chi connectivity index (χ0v) is 8.03. The zero-order chi connectivity index (χ0) is 10.3. The van der Waals surface area contributed by atoms with Gasteiger partial charge in [0.25, 0.3) is 0 Å². The Hall–Kier alpha value is -1.10. The van der Waals surface area contributed by atoms with Crippen molar-refractivity contribution in [1.29, 1.82) is 0 Å². The van der Waals surface area contributed by atoms with E-state index in [1.807, 2.05) is 0 Å². The summed E-state index contributed by atoms with van der Waals surface area (Å²) in [6, 6.07) is 0. The van der Waals surface area contributed by atoms with Gasteiger partial charge in [0.1, 0.15) is 6.61 Å². The molecular formula is C8H14O5. The molecule has 0 bridgehead atoms. The number of esters is 2. The first kappa shape index (κ1) is 11.9. The summed E-state index contributed by atoms with van der Waals surface area (Å²) < 4.78 is 13.8. The Balaban J connectivity index is 3.63. The molecule has 0 saturated carbocycles. The van der Waals surface area contributed by atoms with Gasteiger partial charge in [-0.15, -0.1) is 0 Å². The maximum Gasteiger partial charge on any atom is 0.334 e. The standard InChI is InChI=1S/C8H14O5/c1-4-12-7(9)5-13-6(2)8(10)11-3/h6H,4-5H2,1-3H3/t6-/m0/s1. The minimum atomic E-state index is -0.741. The zero-order valence-electron chi connectivity index (χ0n) is 8.03. The fraction of sp³-hybridized carbons (Fsp3) is 0.750. The Morgan fingerprint density at radius 3 is 2.46 bits per heavy atom. The molecule has 0 aromatic rings. The van der Waals surface area contributed by atoms with Gasteiger partial charge in [-0.2, -0.15) is 0 Å². The monoisotopic (exact) mass is 190 g/mol. The van der Waals surface area contributed by atoms with E-state index >= 15 is 0 Å². The number of hydrogen-bond acceptors (Lipinski definition) is 5. The van der Waals surface area contributed by atoms with Gasteiger partial charge < -0.3 is 14.2 Å². The number of rotatable bonds is 5. The highest BCUT2D eigenvalue weighted by Gasteiger charge is 2.15. The van der Waals surface area contributed by atoms with E-state index in [-0.39, 0.29) is 6.61 Å². The first-order valence-electron chi connectivity index (χ1n) is 3.96. The predicted octanol–water partition coefficient (Wildman–Crippen LogP) is 0.128. The van der Waals surface area contributed by atoms with Crippen LogP contribution in [-0.2, 0) is 23.8 Å². The average molecular weight is 190 g/mol. The van der Waals surface area contributed by atoms with Crippen molar-refractivity contribution in [2.75, 3.05) is 20.3 Å². The lowest BCUT2D eigenvalue weighted by atomic mass is 10.4. The Labute approximate surface area is 77.0 Å². The molecule has 0 aliphatic rings. The van der Waals surface area contributed by atoms with Crippen molar-refractivity contribution in [3.05, 3.63) is 0 Å². The Bertz CT molecular complexity index is 177. The topological polar surface area (TPSA) is 61.8 Å². The van der Waals surface area contributed by atoms with Gasteiger partial charge in [-0.25, -0.2) is 9.59 Å². The van der Waals surface area contributed by atoms with Gasteiger partial charge in [-0.3, -0.25) is 0 Å². The van der Waals surface area contributed by atoms with Crippen LogP contribution in [0.1, 0.15) is 13.8 Å².